The van der Waals surface area contributed by atoms with E-state index in [0.717, 1.165) is 81.8 Å². The largest absolute Gasteiger partial charge is 0.480 e. The molecule has 6 heteroatoms. The number of rotatable bonds is 9. The third-order valence-corrected chi connectivity index (χ3v) is 16.9. The molecule has 4 fully saturated rings. The molecule has 0 radical (unpaired) electrons. The van der Waals surface area contributed by atoms with Gasteiger partial charge in [-0.2, -0.15) is 0 Å². The molecule has 6 nitrogen and oxygen atoms in total. The quantitative estimate of drug-likeness (QED) is 0.220. The summed E-state index contributed by atoms with van der Waals surface area (Å²) in [6.07, 6.45) is 11.1. The first-order chi connectivity index (χ1) is 26.9. The lowest BCUT2D eigenvalue weighted by atomic mass is 9.32. The number of carbonyl (C=O) groups excluding carboxylic acids is 1. The Balaban J connectivity index is 1.25. The third kappa shape index (κ3) is 6.60. The predicted octanol–water partition coefficient (Wildman–Crippen LogP) is 11.0. The summed E-state index contributed by atoms with van der Waals surface area (Å²) in [5.74, 6) is 6.39. The zero-order valence-corrected chi connectivity index (χ0v) is 35.5. The van der Waals surface area contributed by atoms with E-state index in [1.54, 1.807) is 12.1 Å². The van der Waals surface area contributed by atoms with Crippen molar-refractivity contribution in [1.82, 2.24) is 5.32 Å². The number of fused-ring (bicyclic) bond motifs is 7. The molecule has 5 aliphatic rings. The van der Waals surface area contributed by atoms with Gasteiger partial charge in [0.05, 0.1) is 11.0 Å². The first kappa shape index (κ1) is 41.1. The highest BCUT2D eigenvalue weighted by Crippen LogP contribution is 2.78. The topological polar surface area (TPSA) is 104 Å². The van der Waals surface area contributed by atoms with Crippen LogP contribution < -0.4 is 5.32 Å². The molecule has 304 valence electrons. The van der Waals surface area contributed by atoms with E-state index in [-0.39, 0.29) is 45.8 Å². The molecular weight excluding hydrogens is 707 g/mol. The van der Waals surface area contributed by atoms with E-state index in [1.807, 2.05) is 49.4 Å². The second-order valence-corrected chi connectivity index (χ2v) is 20.1. The molecular formula is C51H65NO5. The first-order valence-corrected chi connectivity index (χ1v) is 21.7. The highest BCUT2D eigenvalue weighted by molar-refractivity contribution is 5.89. The van der Waals surface area contributed by atoms with Crippen LogP contribution in [0.1, 0.15) is 141 Å². The maximum atomic E-state index is 14.9. The Labute approximate surface area is 341 Å². The van der Waals surface area contributed by atoms with Crippen molar-refractivity contribution in [2.75, 3.05) is 0 Å². The van der Waals surface area contributed by atoms with Crippen molar-refractivity contribution in [2.24, 2.45) is 56.7 Å². The highest BCUT2D eigenvalue weighted by atomic mass is 16.4. The lowest BCUT2D eigenvalue weighted by Crippen LogP contribution is -2.66. The fourth-order valence-corrected chi connectivity index (χ4v) is 14.6. The molecule has 1 amide bonds. The molecule has 0 spiro atoms. The van der Waals surface area contributed by atoms with Crippen molar-refractivity contribution < 1.29 is 24.6 Å². The molecule has 0 heterocycles. The standard InChI is InChI=1S/C51H65NO5/c1-9-13-37-31-48(6)40(47(4,5)42(37)34-18-20-36(21-19-34)44(53)54)25-26-50(8)41(48)23-22-38-43-35(17-16-32(2)3)24-27-51(43,29-28-49(38,50)7)46(57)52-39(45(55)56)30-33-14-11-10-12-15-33/h10-12,14-15,18-21,35,38-41,43H,2,9,13,22-31H2,1,3-8H3,(H,52,57)(H,53,54)(H,55,56)/t35?,38-,39+,40+,41?,43?,48+,49-,50-,51+/m1/s1. The van der Waals surface area contributed by atoms with Crippen molar-refractivity contribution >= 4 is 23.4 Å². The monoisotopic (exact) mass is 771 g/mol. The smallest absolute Gasteiger partial charge is 0.335 e. The first-order valence-electron chi connectivity index (χ1n) is 21.7. The molecule has 2 aromatic rings. The molecule has 0 saturated heterocycles. The summed E-state index contributed by atoms with van der Waals surface area (Å²) in [7, 11) is 0. The van der Waals surface area contributed by atoms with Gasteiger partial charge in [0.15, 0.2) is 0 Å². The van der Waals surface area contributed by atoms with Crippen LogP contribution in [0.25, 0.3) is 5.57 Å². The normalized spacial score (nSPS) is 35.6. The molecule has 3 N–H and O–H groups in total. The number of nitrogens with one attached hydrogen (secondary N) is 1. The van der Waals surface area contributed by atoms with E-state index in [0.29, 0.717) is 23.3 Å². The van der Waals surface area contributed by atoms with Crippen molar-refractivity contribution in [3.8, 4) is 11.8 Å². The molecule has 57 heavy (non-hydrogen) atoms. The summed E-state index contributed by atoms with van der Waals surface area (Å²) in [5, 5.41) is 23.1. The van der Waals surface area contributed by atoms with Crippen molar-refractivity contribution in [2.45, 2.75) is 132 Å². The van der Waals surface area contributed by atoms with Crippen LogP contribution in [0, 0.1) is 68.5 Å². The van der Waals surface area contributed by atoms with Gasteiger partial charge in [-0.15, -0.1) is 0 Å². The number of amides is 1. The van der Waals surface area contributed by atoms with Crippen LogP contribution in [-0.2, 0) is 16.0 Å². The molecule has 2 aromatic carbocycles. The van der Waals surface area contributed by atoms with Gasteiger partial charge in [-0.3, -0.25) is 4.79 Å². The van der Waals surface area contributed by atoms with Crippen LogP contribution in [0.15, 0.2) is 72.3 Å². The Hall–Kier alpha value is -4.11. The summed E-state index contributed by atoms with van der Waals surface area (Å²) in [5.41, 5.74) is 5.59. The zero-order chi connectivity index (χ0) is 41.1. The van der Waals surface area contributed by atoms with Crippen molar-refractivity contribution in [1.29, 1.82) is 0 Å². The summed E-state index contributed by atoms with van der Waals surface area (Å²) in [6.45, 7) is 21.0. The van der Waals surface area contributed by atoms with E-state index >= 15 is 0 Å². The molecule has 0 aromatic heterocycles. The van der Waals surface area contributed by atoms with E-state index in [9.17, 15) is 24.6 Å². The fourth-order valence-electron chi connectivity index (χ4n) is 14.6. The molecule has 5 aliphatic carbocycles. The van der Waals surface area contributed by atoms with Crippen LogP contribution in [0.3, 0.4) is 0 Å². The van der Waals surface area contributed by atoms with E-state index < -0.39 is 23.4 Å². The number of carboxylic acid groups (broad SMARTS) is 2. The third-order valence-electron chi connectivity index (χ3n) is 16.9. The highest BCUT2D eigenvalue weighted by Gasteiger charge is 2.72. The van der Waals surface area contributed by atoms with Gasteiger partial charge >= 0.3 is 11.9 Å². The SMILES string of the molecule is C=C(C)C#CC1CC[C@]2(C(=O)N[C@@H](Cc3ccccc3)C(=O)O)CC[C@]3(C)[C@H](CCC4[C@@]5(C)CC(CCC)=C(c6ccc(C(=O)O)cc6)C(C)(C)[C@@H]5CC[C@]43C)C12. The summed E-state index contributed by atoms with van der Waals surface area (Å²) >= 11 is 0. The summed E-state index contributed by atoms with van der Waals surface area (Å²) in [6, 6.07) is 16.2. The minimum absolute atomic E-state index is 0.00616. The van der Waals surface area contributed by atoms with Gasteiger partial charge in [0.1, 0.15) is 6.04 Å². The van der Waals surface area contributed by atoms with Crippen molar-refractivity contribution in [3.63, 3.8) is 0 Å². The van der Waals surface area contributed by atoms with Crippen LogP contribution in [0.5, 0.6) is 0 Å². The predicted molar refractivity (Wildman–Crippen MR) is 227 cm³/mol. The fraction of sp³-hybridized carbons (Fsp3) is 0.588. The van der Waals surface area contributed by atoms with Gasteiger partial charge in [-0.25, -0.2) is 9.59 Å². The van der Waals surface area contributed by atoms with Gasteiger partial charge in [0.2, 0.25) is 5.91 Å². The van der Waals surface area contributed by atoms with Crippen LogP contribution in [0.4, 0.5) is 0 Å². The van der Waals surface area contributed by atoms with Crippen molar-refractivity contribution in [3.05, 3.63) is 89.0 Å². The molecule has 3 unspecified atom stereocenters. The maximum Gasteiger partial charge on any atom is 0.335 e. The average molecular weight is 772 g/mol. The minimum Gasteiger partial charge on any atom is -0.480 e. The van der Waals surface area contributed by atoms with E-state index in [1.165, 1.54) is 16.7 Å². The lowest BCUT2D eigenvalue weighted by Gasteiger charge is -2.72. The molecule has 0 aliphatic heterocycles. The lowest BCUT2D eigenvalue weighted by molar-refractivity contribution is -0.225. The Kier molecular flexibility index (Phi) is 10.8. The maximum absolute atomic E-state index is 14.9. The van der Waals surface area contributed by atoms with Crippen LogP contribution in [-0.4, -0.2) is 34.1 Å². The number of carbonyl (C=O) groups is 3. The number of hydrogen-bond acceptors (Lipinski definition) is 3. The zero-order valence-electron chi connectivity index (χ0n) is 35.5. The number of aliphatic carboxylic acids is 1. The summed E-state index contributed by atoms with van der Waals surface area (Å²) < 4.78 is 0. The van der Waals surface area contributed by atoms with Crippen LogP contribution >= 0.6 is 0 Å². The van der Waals surface area contributed by atoms with Gasteiger partial charge in [-0.05, 0) is 151 Å². The Morgan fingerprint density at radius 2 is 1.56 bits per heavy atom. The average Bonchev–Trinajstić information content (AvgIpc) is 3.54. The van der Waals surface area contributed by atoms with Gasteiger partial charge < -0.3 is 15.5 Å². The van der Waals surface area contributed by atoms with Gasteiger partial charge in [0, 0.05) is 12.3 Å². The van der Waals surface area contributed by atoms with Gasteiger partial charge in [-0.1, -0.05) is 114 Å². The minimum atomic E-state index is -0.997. The molecule has 4 saturated carbocycles. The number of hydrogen-bond donors (Lipinski definition) is 3. The van der Waals surface area contributed by atoms with E-state index in [2.05, 4.69) is 65.3 Å². The molecule has 7 rings (SSSR count). The number of aromatic carboxylic acids is 1. The second kappa shape index (κ2) is 14.9. The Morgan fingerprint density at radius 3 is 2.19 bits per heavy atom. The second-order valence-electron chi connectivity index (χ2n) is 20.1. The number of allylic oxidation sites excluding steroid dienone is 3. The Morgan fingerprint density at radius 1 is 0.860 bits per heavy atom. The van der Waals surface area contributed by atoms with Crippen LogP contribution in [0.2, 0.25) is 0 Å². The summed E-state index contributed by atoms with van der Waals surface area (Å²) in [4.78, 5) is 39.3. The van der Waals surface area contributed by atoms with Gasteiger partial charge in [0.25, 0.3) is 0 Å². The molecule has 10 atom stereocenters. The Bertz CT molecular complexity index is 2020. The van der Waals surface area contributed by atoms with E-state index in [4.69, 9.17) is 0 Å². The molecule has 0 bridgehead atoms. The number of carboxylic acids is 2. The number of benzene rings is 2.